The van der Waals surface area contributed by atoms with Gasteiger partial charge < -0.3 is 10.5 Å². The lowest BCUT2D eigenvalue weighted by Gasteiger charge is -2.24. The van der Waals surface area contributed by atoms with Crippen molar-refractivity contribution in [2.75, 3.05) is 0 Å². The Morgan fingerprint density at radius 3 is 2.64 bits per heavy atom. The maximum atomic E-state index is 9.53. The van der Waals surface area contributed by atoms with Crippen molar-refractivity contribution in [3.8, 4) is 11.9 Å². The zero-order valence-electron chi connectivity index (χ0n) is 12.2. The number of ether oxygens (including phenoxy) is 1. The van der Waals surface area contributed by atoms with Crippen LogP contribution < -0.4 is 10.5 Å². The topological polar surface area (TPSA) is 87.7 Å². The molecule has 0 fully saturated rings. The number of nitriles is 1. The third-order valence-electron chi connectivity index (χ3n) is 3.75. The van der Waals surface area contributed by atoms with Crippen LogP contribution in [0.15, 0.2) is 40.2 Å². The highest BCUT2D eigenvalue weighted by Crippen LogP contribution is 2.44. The van der Waals surface area contributed by atoms with Crippen LogP contribution in [-0.2, 0) is 0 Å². The minimum atomic E-state index is -0.266. The lowest BCUT2D eigenvalue weighted by atomic mass is 9.82. The average Bonchev–Trinajstić information content (AvgIpc) is 2.90. The first-order chi connectivity index (χ1) is 10.5. The zero-order chi connectivity index (χ0) is 15.9. The Morgan fingerprint density at radius 2 is 2.05 bits per heavy atom. The molecule has 5 nitrogen and oxygen atoms in total. The third-order valence-corrected chi connectivity index (χ3v) is 4.28. The van der Waals surface area contributed by atoms with E-state index < -0.39 is 0 Å². The van der Waals surface area contributed by atoms with Crippen LogP contribution in [0.1, 0.15) is 42.5 Å². The summed E-state index contributed by atoms with van der Waals surface area (Å²) in [7, 11) is 0. The quantitative estimate of drug-likeness (QED) is 0.859. The van der Waals surface area contributed by atoms with E-state index in [1.807, 2.05) is 24.3 Å². The van der Waals surface area contributed by atoms with E-state index in [9.17, 15) is 5.26 Å². The van der Waals surface area contributed by atoms with Gasteiger partial charge in [-0.15, -0.1) is 5.10 Å². The fourth-order valence-corrected chi connectivity index (χ4v) is 2.96. The predicted octanol–water partition coefficient (Wildman–Crippen LogP) is 3.51. The molecule has 0 radical (unpaired) electrons. The van der Waals surface area contributed by atoms with E-state index in [0.29, 0.717) is 11.5 Å². The SMILES string of the molecule is CC(C)c1[nH]nc2c1[C@H](c1ccc(Br)cc1)C(C#N)=C(N)O2. The summed E-state index contributed by atoms with van der Waals surface area (Å²) in [6, 6.07) is 10.0. The van der Waals surface area contributed by atoms with Gasteiger partial charge in [0.2, 0.25) is 11.8 Å². The Balaban J connectivity index is 2.23. The number of allylic oxidation sites excluding steroid dienone is 1. The van der Waals surface area contributed by atoms with Crippen LogP contribution in [0, 0.1) is 11.3 Å². The number of fused-ring (bicyclic) bond motifs is 1. The van der Waals surface area contributed by atoms with Crippen LogP contribution in [-0.4, -0.2) is 10.2 Å². The maximum absolute atomic E-state index is 9.53. The van der Waals surface area contributed by atoms with Crippen LogP contribution in [0.25, 0.3) is 0 Å². The van der Waals surface area contributed by atoms with Crippen molar-refractivity contribution in [1.29, 1.82) is 5.26 Å². The molecule has 2 aromatic rings. The molecule has 0 saturated heterocycles. The van der Waals surface area contributed by atoms with Gasteiger partial charge in [-0.1, -0.05) is 41.9 Å². The second-order valence-electron chi connectivity index (χ2n) is 5.49. The standard InChI is InChI=1S/C16H15BrN4O/c1-8(2)14-13-12(9-3-5-10(17)6-4-9)11(7-18)15(19)22-16(13)21-20-14/h3-6,8,12H,19H2,1-2H3,(H,20,21)/t12-/m1/s1. The van der Waals surface area contributed by atoms with Crippen LogP contribution in [0.3, 0.4) is 0 Å². The molecule has 0 aliphatic carbocycles. The minimum Gasteiger partial charge on any atom is -0.420 e. The first-order valence-corrected chi connectivity index (χ1v) is 7.73. The van der Waals surface area contributed by atoms with Crippen LogP contribution in [0.5, 0.6) is 5.88 Å². The summed E-state index contributed by atoms with van der Waals surface area (Å²) in [5.41, 5.74) is 9.17. The van der Waals surface area contributed by atoms with Crippen molar-refractivity contribution in [3.63, 3.8) is 0 Å². The third kappa shape index (κ3) is 2.28. The molecule has 22 heavy (non-hydrogen) atoms. The summed E-state index contributed by atoms with van der Waals surface area (Å²) in [6.07, 6.45) is 0. The van der Waals surface area contributed by atoms with Crippen molar-refractivity contribution in [2.24, 2.45) is 5.73 Å². The molecule has 112 valence electrons. The van der Waals surface area contributed by atoms with Gasteiger partial charge in [-0.05, 0) is 23.6 Å². The van der Waals surface area contributed by atoms with Gasteiger partial charge in [0.05, 0.1) is 11.5 Å². The molecule has 3 N–H and O–H groups in total. The van der Waals surface area contributed by atoms with Gasteiger partial charge in [0.25, 0.3) is 0 Å². The van der Waals surface area contributed by atoms with Gasteiger partial charge in [-0.2, -0.15) is 5.26 Å². The summed E-state index contributed by atoms with van der Waals surface area (Å²) in [6.45, 7) is 4.14. The average molecular weight is 359 g/mol. The number of benzene rings is 1. The summed E-state index contributed by atoms with van der Waals surface area (Å²) < 4.78 is 6.51. The lowest BCUT2D eigenvalue weighted by Crippen LogP contribution is -2.21. The Kier molecular flexibility index (Phi) is 3.67. The number of hydrogen-bond acceptors (Lipinski definition) is 4. The highest BCUT2D eigenvalue weighted by Gasteiger charge is 2.35. The van der Waals surface area contributed by atoms with Gasteiger partial charge in [-0.3, -0.25) is 5.10 Å². The first kappa shape index (κ1) is 14.7. The number of halogens is 1. The molecule has 3 rings (SSSR count). The molecule has 6 heteroatoms. The molecular weight excluding hydrogens is 344 g/mol. The Hall–Kier alpha value is -2.26. The Morgan fingerprint density at radius 1 is 1.36 bits per heavy atom. The highest BCUT2D eigenvalue weighted by molar-refractivity contribution is 9.10. The number of aromatic amines is 1. The Bertz CT molecular complexity index is 783. The second kappa shape index (κ2) is 5.50. The highest BCUT2D eigenvalue weighted by atomic mass is 79.9. The van der Waals surface area contributed by atoms with Crippen LogP contribution >= 0.6 is 15.9 Å². The molecule has 0 unspecified atom stereocenters. The minimum absolute atomic E-state index is 0.115. The fourth-order valence-electron chi connectivity index (χ4n) is 2.70. The number of hydrogen-bond donors (Lipinski definition) is 2. The Labute approximate surface area is 136 Å². The van der Waals surface area contributed by atoms with Gasteiger partial charge in [0.15, 0.2) is 0 Å². The molecule has 0 amide bonds. The summed E-state index contributed by atoms with van der Waals surface area (Å²) in [5, 5.41) is 16.8. The number of nitrogens with one attached hydrogen (secondary N) is 1. The first-order valence-electron chi connectivity index (χ1n) is 6.94. The van der Waals surface area contributed by atoms with E-state index >= 15 is 0 Å². The lowest BCUT2D eigenvalue weighted by molar-refractivity contribution is 0.378. The summed E-state index contributed by atoms with van der Waals surface area (Å²) >= 11 is 3.43. The molecule has 2 heterocycles. The van der Waals surface area contributed by atoms with E-state index in [1.54, 1.807) is 0 Å². The van der Waals surface area contributed by atoms with Gasteiger partial charge >= 0.3 is 0 Å². The number of H-pyrrole nitrogens is 1. The summed E-state index contributed by atoms with van der Waals surface area (Å²) in [4.78, 5) is 0. The van der Waals surface area contributed by atoms with E-state index in [4.69, 9.17) is 10.5 Å². The van der Waals surface area contributed by atoms with Gasteiger partial charge in [0, 0.05) is 10.2 Å². The van der Waals surface area contributed by atoms with E-state index in [0.717, 1.165) is 21.3 Å². The molecule has 0 bridgehead atoms. The fraction of sp³-hybridized carbons (Fsp3) is 0.250. The van der Waals surface area contributed by atoms with Crippen molar-refractivity contribution in [2.45, 2.75) is 25.7 Å². The van der Waals surface area contributed by atoms with E-state index in [1.165, 1.54) is 0 Å². The largest absolute Gasteiger partial charge is 0.420 e. The molecule has 1 aromatic heterocycles. The van der Waals surface area contributed by atoms with Gasteiger partial charge in [-0.25, -0.2) is 0 Å². The van der Waals surface area contributed by atoms with Gasteiger partial charge in [0.1, 0.15) is 11.6 Å². The van der Waals surface area contributed by atoms with Crippen molar-refractivity contribution in [3.05, 3.63) is 57.0 Å². The second-order valence-corrected chi connectivity index (χ2v) is 6.40. The maximum Gasteiger partial charge on any atom is 0.244 e. The van der Waals surface area contributed by atoms with Crippen molar-refractivity contribution < 1.29 is 4.74 Å². The number of aromatic nitrogens is 2. The molecule has 1 aromatic carbocycles. The monoisotopic (exact) mass is 358 g/mol. The zero-order valence-corrected chi connectivity index (χ0v) is 13.8. The van der Waals surface area contributed by atoms with E-state index in [2.05, 4.69) is 46.0 Å². The number of nitrogens with zero attached hydrogens (tertiary/aromatic N) is 2. The van der Waals surface area contributed by atoms with Crippen molar-refractivity contribution >= 4 is 15.9 Å². The molecule has 1 aliphatic rings. The van der Waals surface area contributed by atoms with Crippen LogP contribution in [0.2, 0.25) is 0 Å². The predicted molar refractivity (Wildman–Crippen MR) is 86.1 cm³/mol. The van der Waals surface area contributed by atoms with E-state index in [-0.39, 0.29) is 17.7 Å². The molecule has 0 spiro atoms. The number of nitrogens with two attached hydrogens (primary N) is 1. The van der Waals surface area contributed by atoms with Crippen molar-refractivity contribution in [1.82, 2.24) is 10.2 Å². The molecule has 1 atom stereocenters. The summed E-state index contributed by atoms with van der Waals surface area (Å²) in [5.74, 6) is 0.535. The molecule has 0 saturated carbocycles. The molecule has 1 aliphatic heterocycles. The number of rotatable bonds is 2. The molecular formula is C16H15BrN4O. The van der Waals surface area contributed by atoms with Crippen LogP contribution in [0.4, 0.5) is 0 Å². The smallest absolute Gasteiger partial charge is 0.244 e. The normalized spacial score (nSPS) is 17.1.